The number of nitrogens with zero attached hydrogens (tertiary/aromatic N) is 1. The van der Waals surface area contributed by atoms with Crippen LogP contribution in [0.15, 0.2) is 60.1 Å². The minimum Gasteiger partial charge on any atom is -0.506 e. The number of H-pyrrole nitrogens is 2. The second-order valence-electron chi connectivity index (χ2n) is 7.53. The Morgan fingerprint density at radius 2 is 2.03 bits per heavy atom. The summed E-state index contributed by atoms with van der Waals surface area (Å²) in [6, 6.07) is 13.6. The Bertz CT molecular complexity index is 1470. The number of rotatable bonds is 6. The Balaban J connectivity index is 1.47. The zero-order chi connectivity index (χ0) is 22.9. The SMILES string of the molecule is COC(=O)C(Cc1c[nH]c2ccccc12)NC(=O)c1ccc(O)c2[nH]c(-c3cccs3)nc12. The Kier molecular flexibility index (Phi) is 5.31. The number of esters is 1. The number of imidazole rings is 1. The molecule has 0 aliphatic rings. The van der Waals surface area contributed by atoms with Crippen LogP contribution in [0.5, 0.6) is 5.75 Å². The van der Waals surface area contributed by atoms with Crippen molar-refractivity contribution in [3.63, 3.8) is 0 Å². The number of ether oxygens (including phenoxy) is 1. The van der Waals surface area contributed by atoms with E-state index >= 15 is 0 Å². The van der Waals surface area contributed by atoms with E-state index in [-0.39, 0.29) is 17.7 Å². The van der Waals surface area contributed by atoms with Crippen LogP contribution in [0.1, 0.15) is 15.9 Å². The molecule has 0 saturated heterocycles. The molecule has 1 amide bonds. The van der Waals surface area contributed by atoms with Gasteiger partial charge < -0.3 is 25.1 Å². The zero-order valence-electron chi connectivity index (χ0n) is 17.6. The van der Waals surface area contributed by atoms with E-state index < -0.39 is 17.9 Å². The van der Waals surface area contributed by atoms with E-state index in [4.69, 9.17) is 4.74 Å². The van der Waals surface area contributed by atoms with Crippen molar-refractivity contribution in [2.75, 3.05) is 7.11 Å². The molecule has 0 radical (unpaired) electrons. The van der Waals surface area contributed by atoms with Gasteiger partial charge in [-0.1, -0.05) is 24.3 Å². The molecule has 5 aromatic rings. The molecule has 1 atom stereocenters. The average Bonchev–Trinajstić information content (AvgIpc) is 3.58. The van der Waals surface area contributed by atoms with Gasteiger partial charge in [-0.05, 0) is 35.2 Å². The molecule has 8 nitrogen and oxygen atoms in total. The van der Waals surface area contributed by atoms with Crippen LogP contribution in [0.3, 0.4) is 0 Å². The number of phenolic OH excluding ortho intramolecular Hbond substituents is 1. The van der Waals surface area contributed by atoms with Crippen LogP contribution in [-0.2, 0) is 16.0 Å². The molecule has 2 aromatic carbocycles. The number of aromatic amines is 2. The molecule has 3 heterocycles. The molecule has 5 rings (SSSR count). The van der Waals surface area contributed by atoms with E-state index in [1.165, 1.54) is 30.6 Å². The third-order valence-corrected chi connectivity index (χ3v) is 6.39. The Hall–Kier alpha value is -4.11. The predicted molar refractivity (Wildman–Crippen MR) is 126 cm³/mol. The van der Waals surface area contributed by atoms with E-state index in [0.29, 0.717) is 16.9 Å². The van der Waals surface area contributed by atoms with Crippen molar-refractivity contribution in [3.05, 3.63) is 71.2 Å². The number of aromatic hydroxyl groups is 1. The molecule has 0 bridgehead atoms. The number of carbonyl (C=O) groups is 2. The lowest BCUT2D eigenvalue weighted by atomic mass is 10.0. The third kappa shape index (κ3) is 3.83. The summed E-state index contributed by atoms with van der Waals surface area (Å²) in [5.41, 5.74) is 2.76. The number of thiophene rings is 1. The Morgan fingerprint density at radius 3 is 2.82 bits per heavy atom. The van der Waals surface area contributed by atoms with Gasteiger partial charge in [-0.15, -0.1) is 11.3 Å². The molecular formula is C24H20N4O4S. The smallest absolute Gasteiger partial charge is 0.328 e. The fourth-order valence-electron chi connectivity index (χ4n) is 3.88. The molecule has 0 aliphatic heterocycles. The summed E-state index contributed by atoms with van der Waals surface area (Å²) in [5.74, 6) is -0.497. The topological polar surface area (TPSA) is 120 Å². The summed E-state index contributed by atoms with van der Waals surface area (Å²) in [5, 5.41) is 16.0. The number of para-hydroxylation sites is 1. The lowest BCUT2D eigenvalue weighted by molar-refractivity contribution is -0.142. The quantitative estimate of drug-likeness (QED) is 0.286. The number of nitrogens with one attached hydrogen (secondary N) is 3. The second-order valence-corrected chi connectivity index (χ2v) is 8.48. The van der Waals surface area contributed by atoms with Crippen LogP contribution >= 0.6 is 11.3 Å². The standard InChI is InChI=1S/C24H20N4O4S/c1-32-24(31)17(11-13-12-25-16-6-3-2-5-14(13)16)26-23(30)15-8-9-18(29)21-20(15)27-22(28-21)19-7-4-10-33-19/h2-10,12,17,25,29H,11H2,1H3,(H,26,30)(H,27,28). The molecule has 0 aliphatic carbocycles. The number of methoxy groups -OCH3 is 1. The number of hydrogen-bond acceptors (Lipinski definition) is 6. The van der Waals surface area contributed by atoms with E-state index in [0.717, 1.165) is 21.3 Å². The van der Waals surface area contributed by atoms with Crippen molar-refractivity contribution >= 4 is 45.1 Å². The van der Waals surface area contributed by atoms with Crippen molar-refractivity contribution in [2.45, 2.75) is 12.5 Å². The number of hydrogen-bond donors (Lipinski definition) is 4. The first-order valence-electron chi connectivity index (χ1n) is 10.2. The van der Waals surface area contributed by atoms with Crippen molar-refractivity contribution < 1.29 is 19.4 Å². The van der Waals surface area contributed by atoms with Crippen molar-refractivity contribution in [1.29, 1.82) is 0 Å². The molecule has 9 heteroatoms. The highest BCUT2D eigenvalue weighted by Crippen LogP contribution is 2.31. The minimum atomic E-state index is -0.902. The molecule has 166 valence electrons. The van der Waals surface area contributed by atoms with Gasteiger partial charge in [0.2, 0.25) is 0 Å². The number of aromatic nitrogens is 3. The lowest BCUT2D eigenvalue weighted by Crippen LogP contribution is -2.43. The fraction of sp³-hybridized carbons (Fsp3) is 0.125. The van der Waals surface area contributed by atoms with Crippen LogP contribution in [0.2, 0.25) is 0 Å². The van der Waals surface area contributed by atoms with E-state index in [9.17, 15) is 14.7 Å². The van der Waals surface area contributed by atoms with Gasteiger partial charge in [0.1, 0.15) is 28.6 Å². The van der Waals surface area contributed by atoms with Gasteiger partial charge in [0, 0.05) is 23.5 Å². The summed E-state index contributed by atoms with van der Waals surface area (Å²) in [6.45, 7) is 0. The van der Waals surface area contributed by atoms with Crippen LogP contribution in [-0.4, -0.2) is 45.1 Å². The van der Waals surface area contributed by atoms with Crippen molar-refractivity contribution in [2.24, 2.45) is 0 Å². The number of amides is 1. The normalized spacial score (nSPS) is 12.2. The van der Waals surface area contributed by atoms with Crippen LogP contribution < -0.4 is 5.32 Å². The van der Waals surface area contributed by atoms with Crippen LogP contribution in [0, 0.1) is 0 Å². The number of benzene rings is 2. The molecule has 4 N–H and O–H groups in total. The maximum Gasteiger partial charge on any atom is 0.328 e. The summed E-state index contributed by atoms with van der Waals surface area (Å²) < 4.78 is 4.95. The monoisotopic (exact) mass is 460 g/mol. The molecule has 0 saturated carbocycles. The first kappa shape index (κ1) is 20.8. The Morgan fingerprint density at radius 1 is 1.18 bits per heavy atom. The van der Waals surface area contributed by atoms with Crippen molar-refractivity contribution in [3.8, 4) is 16.5 Å². The van der Waals surface area contributed by atoms with E-state index in [1.807, 2.05) is 48.0 Å². The highest BCUT2D eigenvalue weighted by atomic mass is 32.1. The summed E-state index contributed by atoms with van der Waals surface area (Å²) >= 11 is 1.49. The Labute approximate surface area is 192 Å². The van der Waals surface area contributed by atoms with Gasteiger partial charge in [-0.3, -0.25) is 4.79 Å². The first-order chi connectivity index (χ1) is 16.0. The highest BCUT2D eigenvalue weighted by molar-refractivity contribution is 7.13. The minimum absolute atomic E-state index is 0.0137. The lowest BCUT2D eigenvalue weighted by Gasteiger charge is -2.16. The van der Waals surface area contributed by atoms with Gasteiger partial charge >= 0.3 is 5.97 Å². The molecule has 0 spiro atoms. The van der Waals surface area contributed by atoms with Gasteiger partial charge in [-0.2, -0.15) is 0 Å². The van der Waals surface area contributed by atoms with Crippen molar-refractivity contribution in [1.82, 2.24) is 20.3 Å². The average molecular weight is 461 g/mol. The van der Waals surface area contributed by atoms with Crippen LogP contribution in [0.4, 0.5) is 0 Å². The maximum atomic E-state index is 13.2. The molecule has 3 aromatic heterocycles. The molecule has 33 heavy (non-hydrogen) atoms. The summed E-state index contributed by atoms with van der Waals surface area (Å²) in [6.07, 6.45) is 2.08. The van der Waals surface area contributed by atoms with Crippen LogP contribution in [0.25, 0.3) is 32.6 Å². The van der Waals surface area contributed by atoms with Gasteiger partial charge in [0.25, 0.3) is 5.91 Å². The van der Waals surface area contributed by atoms with Gasteiger partial charge in [0.15, 0.2) is 0 Å². The first-order valence-corrected chi connectivity index (χ1v) is 11.1. The molecule has 0 fully saturated rings. The highest BCUT2D eigenvalue weighted by Gasteiger charge is 2.26. The number of carbonyl (C=O) groups excluding carboxylic acids is 2. The number of phenols is 1. The molecule has 1 unspecified atom stereocenters. The van der Waals surface area contributed by atoms with Gasteiger partial charge in [0.05, 0.1) is 17.6 Å². The second kappa shape index (κ2) is 8.44. The van der Waals surface area contributed by atoms with E-state index in [2.05, 4.69) is 20.3 Å². The zero-order valence-corrected chi connectivity index (χ0v) is 18.4. The van der Waals surface area contributed by atoms with E-state index in [1.54, 1.807) is 0 Å². The maximum absolute atomic E-state index is 13.2. The van der Waals surface area contributed by atoms with Gasteiger partial charge in [-0.25, -0.2) is 9.78 Å². The molecular weight excluding hydrogens is 440 g/mol. The summed E-state index contributed by atoms with van der Waals surface area (Å²) in [4.78, 5) is 37.4. The predicted octanol–water partition coefficient (Wildman–Crippen LogP) is 3.99. The third-order valence-electron chi connectivity index (χ3n) is 5.51. The fourth-order valence-corrected chi connectivity index (χ4v) is 4.55. The largest absolute Gasteiger partial charge is 0.506 e. The summed E-state index contributed by atoms with van der Waals surface area (Å²) in [7, 11) is 1.29. The number of fused-ring (bicyclic) bond motifs is 2.